The number of allylic oxidation sites excluding steroid dienone is 8. The van der Waals surface area contributed by atoms with Gasteiger partial charge in [0.15, 0.2) is 5.71 Å². The van der Waals surface area contributed by atoms with E-state index in [-0.39, 0.29) is 89.7 Å². The number of hydrogen-bond acceptors (Lipinski definition) is 12. The summed E-state index contributed by atoms with van der Waals surface area (Å²) in [7, 11) is -9.09. The summed E-state index contributed by atoms with van der Waals surface area (Å²) in [6.07, 6.45) is 14.1. The van der Waals surface area contributed by atoms with E-state index in [1.54, 1.807) is 6.07 Å². The van der Waals surface area contributed by atoms with Crippen LogP contribution in [0.3, 0.4) is 0 Å². The van der Waals surface area contributed by atoms with Crippen molar-refractivity contribution in [2.24, 2.45) is 0 Å². The summed E-state index contributed by atoms with van der Waals surface area (Å²) >= 11 is 7.33. The second-order valence-electron chi connectivity index (χ2n) is 19.4. The second kappa shape index (κ2) is 24.7. The Kier molecular flexibility index (Phi) is 20.5. The molecule has 0 atom stereocenters. The van der Waals surface area contributed by atoms with Crippen LogP contribution < -0.4 is 68.9 Å². The van der Waals surface area contributed by atoms with Crippen LogP contribution in [0.1, 0.15) is 116 Å². The number of carbonyl (C=O) groups excluding carboxylic acids is 3. The zero-order chi connectivity index (χ0) is 50.8. The molecule has 0 N–H and O–H groups in total. The van der Waals surface area contributed by atoms with Gasteiger partial charge in [0.25, 0.3) is 11.8 Å². The number of nitrogens with zero attached hydrogens (tertiary/aromatic N) is 4. The number of rotatable bonds is 20. The van der Waals surface area contributed by atoms with Crippen LogP contribution >= 0.6 is 11.6 Å². The average molecular weight is 1060 g/mol. The molecule has 7 rings (SSSR count). The molecule has 3 aromatic rings. The van der Waals surface area contributed by atoms with E-state index in [1.807, 2.05) is 12.1 Å². The van der Waals surface area contributed by atoms with Gasteiger partial charge in [-0.1, -0.05) is 43.7 Å². The molecule has 0 bridgehead atoms. The van der Waals surface area contributed by atoms with Crippen molar-refractivity contribution in [3.8, 4) is 0 Å². The van der Waals surface area contributed by atoms with Crippen molar-refractivity contribution >= 4 is 83.2 Å². The van der Waals surface area contributed by atoms with Crippen molar-refractivity contribution < 1.29 is 109 Å². The number of carbonyl (C=O) groups is 3. The average Bonchev–Trinajstić information content (AvgIpc) is 3.81. The summed E-state index contributed by atoms with van der Waals surface area (Å²) in [5.74, 6) is -2.16. The van der Waals surface area contributed by atoms with Crippen LogP contribution in [0.4, 0.5) is 17.1 Å². The maximum atomic E-state index is 12.5. The number of hydroxylamine groups is 2. The summed E-state index contributed by atoms with van der Waals surface area (Å²) in [4.78, 5) is 45.6. The Morgan fingerprint density at radius 2 is 1.54 bits per heavy atom. The van der Waals surface area contributed by atoms with Gasteiger partial charge in [0, 0.05) is 83.2 Å². The number of unbranched alkanes of at least 4 members (excludes halogenated alkanes) is 2. The Balaban J connectivity index is 0.00000481. The van der Waals surface area contributed by atoms with E-state index in [0.29, 0.717) is 47.8 Å². The van der Waals surface area contributed by atoms with Gasteiger partial charge >= 0.3 is 65.1 Å². The van der Waals surface area contributed by atoms with Crippen LogP contribution in [0.15, 0.2) is 99.6 Å². The van der Waals surface area contributed by atoms with Gasteiger partial charge in [-0.15, -0.1) is 5.06 Å². The third-order valence-electron chi connectivity index (χ3n) is 13.8. The molecule has 0 aromatic heterocycles. The molecule has 0 radical (unpaired) electrons. The second-order valence-corrected chi connectivity index (χ2v) is 22.7. The number of benzene rings is 3. The molecular formula is C53H62ClN4Na2O10S2-. The van der Waals surface area contributed by atoms with Gasteiger partial charge in [0.2, 0.25) is 5.69 Å². The monoisotopic (exact) mass is 1060 g/mol. The summed E-state index contributed by atoms with van der Waals surface area (Å²) in [6.45, 7) is 19.1. The van der Waals surface area contributed by atoms with E-state index in [1.165, 1.54) is 12.1 Å². The normalized spacial score (nSPS) is 18.6. The van der Waals surface area contributed by atoms with Crippen molar-refractivity contribution in [1.29, 1.82) is 0 Å². The van der Waals surface area contributed by atoms with Crippen LogP contribution in [-0.2, 0) is 50.3 Å². The fraction of sp³-hybridized carbons (Fsp3) is 0.434. The number of anilines is 2. The molecule has 19 heteroatoms. The zero-order valence-corrected chi connectivity index (χ0v) is 48.8. The van der Waals surface area contributed by atoms with Crippen LogP contribution in [-0.4, -0.2) is 91.0 Å². The molecule has 3 aliphatic heterocycles. The minimum atomic E-state index is -4.68. The van der Waals surface area contributed by atoms with Crippen molar-refractivity contribution in [1.82, 2.24) is 5.06 Å². The van der Waals surface area contributed by atoms with Crippen LogP contribution in [0, 0.1) is 13.8 Å². The quantitative estimate of drug-likeness (QED) is 0.0402. The summed E-state index contributed by atoms with van der Waals surface area (Å²) in [6, 6.07) is 14.6. The van der Waals surface area contributed by atoms with Gasteiger partial charge in [-0.25, -0.2) is 21.6 Å². The number of hydrogen-bond donors (Lipinski definition) is 0. The van der Waals surface area contributed by atoms with Crippen molar-refractivity contribution in [3.05, 3.63) is 120 Å². The van der Waals surface area contributed by atoms with E-state index in [2.05, 4.69) is 98.4 Å². The third-order valence-corrected chi connectivity index (χ3v) is 15.9. The van der Waals surface area contributed by atoms with Gasteiger partial charge in [0.05, 0.1) is 20.4 Å². The van der Waals surface area contributed by atoms with Gasteiger partial charge in [-0.3, -0.25) is 9.59 Å². The first-order valence-corrected chi connectivity index (χ1v) is 27.4. The molecular weight excluding hydrogens is 998 g/mol. The van der Waals surface area contributed by atoms with Crippen LogP contribution in [0.2, 0.25) is 0 Å². The Hall–Kier alpha value is -3.13. The van der Waals surface area contributed by atoms with E-state index < -0.39 is 54.6 Å². The molecule has 3 aromatic carbocycles. The van der Waals surface area contributed by atoms with E-state index in [9.17, 15) is 40.3 Å². The third kappa shape index (κ3) is 13.3. The molecule has 4 aliphatic rings. The van der Waals surface area contributed by atoms with Crippen molar-refractivity contribution in [3.63, 3.8) is 0 Å². The van der Waals surface area contributed by atoms with Gasteiger partial charge < -0.3 is 37.6 Å². The zero-order valence-electron chi connectivity index (χ0n) is 42.4. The number of halogens is 1. The maximum Gasteiger partial charge on any atom is 1.00 e. The molecule has 376 valence electrons. The molecule has 14 nitrogen and oxygen atoms in total. The predicted molar refractivity (Wildman–Crippen MR) is 271 cm³/mol. The Morgan fingerprint density at radius 3 is 2.19 bits per heavy atom. The summed E-state index contributed by atoms with van der Waals surface area (Å²) < 4.78 is 73.3. The van der Waals surface area contributed by atoms with Crippen molar-refractivity contribution in [2.45, 2.75) is 120 Å². The Morgan fingerprint density at radius 1 is 0.847 bits per heavy atom. The molecule has 0 saturated carbocycles. The number of fused-ring (bicyclic) bond motifs is 4. The first-order chi connectivity index (χ1) is 33.1. The van der Waals surface area contributed by atoms with E-state index in [4.69, 9.17) is 16.4 Å². The standard InChI is InChI=1S/C53H64ClN4O10S2.2Na/c1-7-29-55(30-8-2)39-20-24-43-42(35-39)52(3,4)45(56(43)32-13-33-69(62,63)64)25-18-36-14-12-15-37(51(36)54)19-26-46-53(5,6)50-41-22-21-40(70(65,66)67)34-38(41)17-23-44(50)57(46)31-11-9-10-16-49(61)68-58-47(59)27-28-48(58)60;;/h17-26,34-35H,1-2,7-16,27-33H2,3-6H3,(H,62,63,64)(H,65,66,67);;/q-1;2*+1/p-2. The minimum Gasteiger partial charge on any atom is -0.748 e. The van der Waals surface area contributed by atoms with E-state index in [0.717, 1.165) is 101 Å². The largest absolute Gasteiger partial charge is 1.00 e. The molecule has 1 fully saturated rings. The van der Waals surface area contributed by atoms with Gasteiger partial charge in [-0.05, 0) is 135 Å². The Bertz CT molecular complexity index is 2960. The smallest absolute Gasteiger partial charge is 0.748 e. The SMILES string of the molecule is [CH2-]CCN(CC[CH2-])c1ccc2c(c1)C(C)(C)/C(=C/C=C1CCCC(/C=C/C3=[N+](CCCCCC(=O)ON4C(=O)CCC4=O)c4ccc5cc(S(=O)(=O)[O-])ccc5c4C3(C)C)=C1Cl)N2CCCS(=O)(=O)[O-].[Na+].[Na+]. The fourth-order valence-corrected chi connectivity index (χ4v) is 11.6. The molecule has 3 heterocycles. The predicted octanol–water partition coefficient (Wildman–Crippen LogP) is 3.33. The topological polar surface area (TPSA) is 188 Å². The molecule has 1 saturated heterocycles. The van der Waals surface area contributed by atoms with Gasteiger partial charge in [-0.2, -0.15) is 17.4 Å². The first kappa shape index (κ1) is 59.7. The maximum absolute atomic E-state index is 12.5. The number of amides is 2. The minimum absolute atomic E-state index is 0. The summed E-state index contributed by atoms with van der Waals surface area (Å²) in [5.41, 5.74) is 7.77. The molecule has 0 spiro atoms. The molecule has 0 unspecified atom stereocenters. The van der Waals surface area contributed by atoms with E-state index >= 15 is 0 Å². The van der Waals surface area contributed by atoms with Crippen LogP contribution in [0.25, 0.3) is 10.8 Å². The molecule has 72 heavy (non-hydrogen) atoms. The Labute approximate surface area is 474 Å². The molecule has 1 aliphatic carbocycles. The number of imide groups is 1. The van der Waals surface area contributed by atoms with Gasteiger partial charge in [0.1, 0.15) is 16.7 Å². The van der Waals surface area contributed by atoms with Crippen LogP contribution in [0.5, 0.6) is 0 Å². The fourth-order valence-electron chi connectivity index (χ4n) is 10.3. The molecule has 2 amide bonds. The first-order valence-electron chi connectivity index (χ1n) is 24.0. The summed E-state index contributed by atoms with van der Waals surface area (Å²) in [5, 5.41) is 2.64. The van der Waals surface area contributed by atoms with Crippen molar-refractivity contribution in [2.75, 3.05) is 41.7 Å².